The molecule has 0 bridgehead atoms. The molecule has 1 aliphatic carbocycles. The summed E-state index contributed by atoms with van der Waals surface area (Å²) in [7, 11) is 0. The van der Waals surface area contributed by atoms with Crippen LogP contribution < -0.4 is 16.0 Å². The summed E-state index contributed by atoms with van der Waals surface area (Å²) in [5.41, 5.74) is -0.368. The molecule has 0 aliphatic heterocycles. The van der Waals surface area contributed by atoms with Gasteiger partial charge in [0.25, 0.3) is 0 Å². The van der Waals surface area contributed by atoms with Gasteiger partial charge in [-0.05, 0) is 30.7 Å². The van der Waals surface area contributed by atoms with Crippen molar-refractivity contribution in [1.29, 1.82) is 0 Å². The van der Waals surface area contributed by atoms with Crippen molar-refractivity contribution >= 4 is 17.9 Å². The van der Waals surface area contributed by atoms with E-state index in [4.69, 9.17) is 4.74 Å². The molecule has 1 aromatic carbocycles. The number of carbonyl (C=O) groups excluding carboxylic acids is 3. The van der Waals surface area contributed by atoms with E-state index in [1.54, 1.807) is 6.08 Å². The van der Waals surface area contributed by atoms with Crippen LogP contribution in [0.5, 0.6) is 0 Å². The molecule has 0 saturated heterocycles. The maximum atomic E-state index is 13.1. The molecule has 158 valence electrons. The minimum atomic E-state index is -1.23. The van der Waals surface area contributed by atoms with Crippen LogP contribution >= 0.6 is 0 Å². The van der Waals surface area contributed by atoms with E-state index in [2.05, 4.69) is 22.5 Å². The summed E-state index contributed by atoms with van der Waals surface area (Å²) in [6.45, 7) is 7.87. The number of rotatable bonds is 9. The van der Waals surface area contributed by atoms with Crippen molar-refractivity contribution in [1.82, 2.24) is 16.0 Å². The van der Waals surface area contributed by atoms with Crippen LogP contribution in [0.2, 0.25) is 0 Å². The number of benzene rings is 1. The summed E-state index contributed by atoms with van der Waals surface area (Å²) in [4.78, 5) is 37.4. The van der Waals surface area contributed by atoms with E-state index in [-0.39, 0.29) is 24.3 Å². The molecule has 1 aliphatic rings. The first-order chi connectivity index (χ1) is 13.9. The Kier molecular flexibility index (Phi) is 8.24. The molecule has 1 aromatic rings. The highest BCUT2D eigenvalue weighted by Gasteiger charge is 2.53. The first-order valence-corrected chi connectivity index (χ1v) is 10.1. The van der Waals surface area contributed by atoms with Crippen LogP contribution in [-0.2, 0) is 20.9 Å². The van der Waals surface area contributed by atoms with E-state index < -0.39 is 17.7 Å². The van der Waals surface area contributed by atoms with Gasteiger partial charge < -0.3 is 20.7 Å². The van der Waals surface area contributed by atoms with Gasteiger partial charge in [0.15, 0.2) is 0 Å². The Hall–Kier alpha value is -2.83. The van der Waals surface area contributed by atoms with Gasteiger partial charge in [-0.3, -0.25) is 9.59 Å². The smallest absolute Gasteiger partial charge is 0.407 e. The van der Waals surface area contributed by atoms with Gasteiger partial charge in [0.2, 0.25) is 11.8 Å². The van der Waals surface area contributed by atoms with Gasteiger partial charge in [0, 0.05) is 13.5 Å². The highest BCUT2D eigenvalue weighted by molar-refractivity contribution is 5.93. The molecule has 7 heteroatoms. The largest absolute Gasteiger partial charge is 0.445 e. The topological polar surface area (TPSA) is 96.5 Å². The highest BCUT2D eigenvalue weighted by atomic mass is 16.5. The van der Waals surface area contributed by atoms with Crippen molar-refractivity contribution in [2.45, 2.75) is 57.7 Å². The van der Waals surface area contributed by atoms with Crippen LogP contribution in [-0.4, -0.2) is 36.0 Å². The van der Waals surface area contributed by atoms with Gasteiger partial charge in [-0.15, -0.1) is 6.58 Å². The molecule has 29 heavy (non-hydrogen) atoms. The van der Waals surface area contributed by atoms with Crippen molar-refractivity contribution in [2.75, 3.05) is 6.54 Å². The number of alkyl carbamates (subject to hydrolysis) is 1. The van der Waals surface area contributed by atoms with Gasteiger partial charge in [-0.25, -0.2) is 4.79 Å². The lowest BCUT2D eigenvalue weighted by Crippen LogP contribution is -2.66. The second kappa shape index (κ2) is 10.6. The average Bonchev–Trinajstić information content (AvgIpc) is 3.05. The van der Waals surface area contributed by atoms with E-state index in [9.17, 15) is 14.4 Å². The van der Waals surface area contributed by atoms with E-state index in [0.29, 0.717) is 19.4 Å². The van der Waals surface area contributed by atoms with Crippen LogP contribution in [0, 0.1) is 5.92 Å². The summed E-state index contributed by atoms with van der Waals surface area (Å²) in [6.07, 6.45) is 3.77. The molecule has 2 rings (SSSR count). The minimum absolute atomic E-state index is 0.0156. The molecule has 3 N–H and O–H groups in total. The first-order valence-electron chi connectivity index (χ1n) is 10.1. The number of allylic oxidation sites excluding steroid dienone is 1. The third-order valence-electron chi connectivity index (χ3n) is 5.18. The number of unbranched alkanes of at least 4 members (excludes halogenated alkanes) is 1. The molecule has 1 saturated carbocycles. The van der Waals surface area contributed by atoms with Crippen molar-refractivity contribution in [3.05, 3.63) is 48.6 Å². The Morgan fingerprint density at radius 3 is 2.62 bits per heavy atom. The molecular formula is C22H31N3O4. The monoisotopic (exact) mass is 401 g/mol. The average molecular weight is 402 g/mol. The summed E-state index contributed by atoms with van der Waals surface area (Å²) in [5, 5.41) is 8.50. The Labute approximate surface area is 172 Å². The lowest BCUT2D eigenvalue weighted by molar-refractivity contribution is -0.133. The van der Waals surface area contributed by atoms with Crippen LogP contribution in [0.4, 0.5) is 4.79 Å². The minimum Gasteiger partial charge on any atom is -0.445 e. The van der Waals surface area contributed by atoms with E-state index in [1.807, 2.05) is 37.3 Å². The van der Waals surface area contributed by atoms with E-state index in [0.717, 1.165) is 18.4 Å². The second-order valence-electron chi connectivity index (χ2n) is 7.46. The molecular weight excluding hydrogens is 370 g/mol. The zero-order chi connectivity index (χ0) is 21.3. The Morgan fingerprint density at radius 2 is 2.00 bits per heavy atom. The lowest BCUT2D eigenvalue weighted by atomic mass is 9.90. The molecule has 3 unspecified atom stereocenters. The fraction of sp³-hybridized carbons (Fsp3) is 0.500. The third-order valence-corrected chi connectivity index (χ3v) is 5.18. The summed E-state index contributed by atoms with van der Waals surface area (Å²) >= 11 is 0. The molecule has 3 amide bonds. The molecule has 0 heterocycles. The van der Waals surface area contributed by atoms with Gasteiger partial charge in [0.1, 0.15) is 12.1 Å². The van der Waals surface area contributed by atoms with Gasteiger partial charge in [0.05, 0.1) is 6.04 Å². The zero-order valence-corrected chi connectivity index (χ0v) is 17.2. The first kappa shape index (κ1) is 22.5. The fourth-order valence-corrected chi connectivity index (χ4v) is 3.71. The quantitative estimate of drug-likeness (QED) is 0.438. The van der Waals surface area contributed by atoms with Gasteiger partial charge in [-0.1, -0.05) is 49.8 Å². The van der Waals surface area contributed by atoms with E-state index >= 15 is 0 Å². The molecule has 0 aromatic heterocycles. The van der Waals surface area contributed by atoms with Gasteiger partial charge >= 0.3 is 6.09 Å². The highest BCUT2D eigenvalue weighted by Crippen LogP contribution is 2.36. The van der Waals surface area contributed by atoms with Crippen molar-refractivity contribution in [3.63, 3.8) is 0 Å². The predicted molar refractivity (Wildman–Crippen MR) is 111 cm³/mol. The lowest BCUT2D eigenvalue weighted by Gasteiger charge is -2.35. The number of ether oxygens (including phenoxy) is 1. The summed E-state index contributed by atoms with van der Waals surface area (Å²) in [5.74, 6) is -0.637. The predicted octanol–water partition coefficient (Wildman–Crippen LogP) is 2.67. The van der Waals surface area contributed by atoms with Crippen LogP contribution in [0.3, 0.4) is 0 Å². The Morgan fingerprint density at radius 1 is 1.28 bits per heavy atom. The maximum absolute atomic E-state index is 13.1. The maximum Gasteiger partial charge on any atom is 0.407 e. The summed E-state index contributed by atoms with van der Waals surface area (Å²) < 4.78 is 5.32. The standard InChI is InChI=1S/C22H31N3O4/c1-4-6-12-23-20(27)22(25-16(3)26)14-17(5-2)13-19(22)24-21(28)29-15-18-10-8-7-9-11-18/h5,7-11,17,19H,2,4,6,12-15H2,1,3H3,(H,23,27)(H,24,28)(H,25,26). The van der Waals surface area contributed by atoms with Crippen LogP contribution in [0.25, 0.3) is 0 Å². The Bertz CT molecular complexity index is 722. The number of carbonyl (C=O) groups is 3. The van der Waals surface area contributed by atoms with Gasteiger partial charge in [-0.2, -0.15) is 0 Å². The number of hydrogen-bond acceptors (Lipinski definition) is 4. The fourth-order valence-electron chi connectivity index (χ4n) is 3.71. The second-order valence-corrected chi connectivity index (χ2v) is 7.46. The van der Waals surface area contributed by atoms with Crippen molar-refractivity contribution in [3.8, 4) is 0 Å². The molecule has 0 spiro atoms. The van der Waals surface area contributed by atoms with Crippen molar-refractivity contribution in [2.24, 2.45) is 5.92 Å². The van der Waals surface area contributed by atoms with Crippen LogP contribution in [0.15, 0.2) is 43.0 Å². The number of nitrogens with one attached hydrogen (secondary N) is 3. The van der Waals surface area contributed by atoms with Crippen molar-refractivity contribution < 1.29 is 19.1 Å². The number of hydrogen-bond donors (Lipinski definition) is 3. The number of amides is 3. The SMILES string of the molecule is C=CC1CC(NC(=O)OCc2ccccc2)C(NC(C)=O)(C(=O)NCCCC)C1. The normalized spacial score (nSPS) is 23.1. The molecule has 1 fully saturated rings. The molecule has 3 atom stereocenters. The zero-order valence-electron chi connectivity index (χ0n) is 17.2. The Balaban J connectivity index is 2.13. The molecule has 0 radical (unpaired) electrons. The van der Waals surface area contributed by atoms with Crippen LogP contribution in [0.1, 0.15) is 45.1 Å². The van der Waals surface area contributed by atoms with E-state index in [1.165, 1.54) is 6.92 Å². The molecule has 7 nitrogen and oxygen atoms in total. The third kappa shape index (κ3) is 6.07. The summed E-state index contributed by atoms with van der Waals surface area (Å²) in [6, 6.07) is 8.74.